The van der Waals surface area contributed by atoms with E-state index in [0.29, 0.717) is 34.5 Å². The highest BCUT2D eigenvalue weighted by Gasteiger charge is 2.28. The van der Waals surface area contributed by atoms with Crippen molar-refractivity contribution in [1.29, 1.82) is 0 Å². The summed E-state index contributed by atoms with van der Waals surface area (Å²) in [5.41, 5.74) is -2.63. The molecule has 1 aromatic heterocycles. The van der Waals surface area contributed by atoms with E-state index < -0.39 is 40.4 Å². The van der Waals surface area contributed by atoms with E-state index in [9.17, 15) is 23.6 Å². The van der Waals surface area contributed by atoms with E-state index >= 15 is 0 Å². The predicted octanol–water partition coefficient (Wildman–Crippen LogP) is 1.59. The summed E-state index contributed by atoms with van der Waals surface area (Å²) in [6, 6.07) is 1.48. The molecule has 0 bridgehead atoms. The minimum Gasteiger partial charge on any atom is -0.478 e. The molecule has 1 aromatic carbocycles. The highest BCUT2D eigenvalue weighted by molar-refractivity contribution is 6.33. The summed E-state index contributed by atoms with van der Waals surface area (Å²) in [5, 5.41) is 8.76. The maximum Gasteiger partial charge on any atom is 0.422 e. The van der Waals surface area contributed by atoms with Crippen molar-refractivity contribution in [3.8, 4) is 5.69 Å². The molecule has 0 unspecified atom stereocenters. The number of aromatic carboxylic acids is 1. The van der Waals surface area contributed by atoms with Crippen molar-refractivity contribution in [3.05, 3.63) is 60.6 Å². The van der Waals surface area contributed by atoms with Crippen molar-refractivity contribution in [2.24, 2.45) is 0 Å². The van der Waals surface area contributed by atoms with Crippen LogP contribution in [0.3, 0.4) is 0 Å². The van der Waals surface area contributed by atoms with Gasteiger partial charge in [-0.05, 0) is 31.4 Å². The minimum atomic E-state index is -1.46. The molecule has 1 N–H and O–H groups in total. The normalized spacial score (nSPS) is 12.7. The first-order valence-electron chi connectivity index (χ1n) is 7.48. The zero-order valence-corrected chi connectivity index (χ0v) is 14.2. The third-order valence-electron chi connectivity index (χ3n) is 4.17. The van der Waals surface area contributed by atoms with Gasteiger partial charge in [0.05, 0.1) is 23.4 Å². The summed E-state index contributed by atoms with van der Waals surface area (Å²) in [6.45, 7) is 0. The van der Waals surface area contributed by atoms with Gasteiger partial charge in [-0.3, -0.25) is 4.79 Å². The van der Waals surface area contributed by atoms with Crippen molar-refractivity contribution in [3.63, 3.8) is 0 Å². The Morgan fingerprint density at radius 2 is 1.96 bits per heavy atom. The number of fused-ring (bicyclic) bond motifs is 1. The molecular formula is C16H12ClFN2O6. The first-order valence-corrected chi connectivity index (χ1v) is 7.86. The first kappa shape index (κ1) is 17.9. The van der Waals surface area contributed by atoms with Gasteiger partial charge >= 0.3 is 17.8 Å². The van der Waals surface area contributed by atoms with E-state index in [1.807, 2.05) is 0 Å². The van der Waals surface area contributed by atoms with Crippen LogP contribution in [0, 0.1) is 5.82 Å². The minimum absolute atomic E-state index is 0.182. The van der Waals surface area contributed by atoms with Crippen LogP contribution in [0.4, 0.5) is 9.18 Å². The average Bonchev–Trinajstić information content (AvgIpc) is 3.05. The van der Waals surface area contributed by atoms with Gasteiger partial charge in [0.25, 0.3) is 5.56 Å². The van der Waals surface area contributed by atoms with Crippen molar-refractivity contribution >= 4 is 23.7 Å². The maximum absolute atomic E-state index is 14.4. The smallest absolute Gasteiger partial charge is 0.422 e. The highest BCUT2D eigenvalue weighted by Crippen LogP contribution is 2.24. The van der Waals surface area contributed by atoms with E-state index in [0.717, 1.165) is 13.2 Å². The van der Waals surface area contributed by atoms with E-state index in [2.05, 4.69) is 4.74 Å². The van der Waals surface area contributed by atoms with Gasteiger partial charge in [0, 0.05) is 11.3 Å². The fourth-order valence-electron chi connectivity index (χ4n) is 3.01. The molecule has 0 saturated heterocycles. The molecule has 0 saturated carbocycles. The lowest BCUT2D eigenvalue weighted by Crippen LogP contribution is -2.44. The summed E-state index contributed by atoms with van der Waals surface area (Å²) >= 11 is 5.70. The Hall–Kier alpha value is -2.94. The second kappa shape index (κ2) is 6.41. The van der Waals surface area contributed by atoms with E-state index in [1.165, 1.54) is 0 Å². The van der Waals surface area contributed by atoms with E-state index in [4.69, 9.17) is 16.7 Å². The molecule has 8 nitrogen and oxygen atoms in total. The van der Waals surface area contributed by atoms with Crippen LogP contribution >= 0.6 is 11.6 Å². The van der Waals surface area contributed by atoms with Crippen LogP contribution in [0.5, 0.6) is 0 Å². The number of methoxy groups -OCH3 is 1. The van der Waals surface area contributed by atoms with Gasteiger partial charge in [-0.1, -0.05) is 11.6 Å². The molecule has 0 amide bonds. The van der Waals surface area contributed by atoms with Crippen LogP contribution in [0.15, 0.2) is 21.7 Å². The number of hydrogen-bond acceptors (Lipinski definition) is 5. The van der Waals surface area contributed by atoms with Gasteiger partial charge in [-0.15, -0.1) is 0 Å². The van der Waals surface area contributed by atoms with E-state index in [1.54, 1.807) is 0 Å². The number of halogens is 2. The fraction of sp³-hybridized carbons (Fsp3) is 0.250. The Bertz CT molecular complexity index is 1070. The number of carboxylic acids is 1. The molecule has 0 fully saturated rings. The van der Waals surface area contributed by atoms with Gasteiger partial charge in [-0.2, -0.15) is 4.57 Å². The van der Waals surface area contributed by atoms with Crippen LogP contribution in [-0.4, -0.2) is 33.4 Å². The lowest BCUT2D eigenvalue weighted by Gasteiger charge is -2.14. The van der Waals surface area contributed by atoms with Gasteiger partial charge in [-0.25, -0.2) is 23.3 Å². The Morgan fingerprint density at radius 3 is 2.58 bits per heavy atom. The zero-order chi connectivity index (χ0) is 19.2. The van der Waals surface area contributed by atoms with Crippen LogP contribution in [0.1, 0.15) is 28.0 Å². The second-order valence-corrected chi connectivity index (χ2v) is 6.00. The third-order valence-corrected chi connectivity index (χ3v) is 4.48. The molecule has 2 aromatic rings. The van der Waals surface area contributed by atoms with Crippen molar-refractivity contribution < 1.29 is 23.8 Å². The molecule has 26 heavy (non-hydrogen) atoms. The molecule has 136 valence electrons. The van der Waals surface area contributed by atoms with Gasteiger partial charge in [0.2, 0.25) is 0 Å². The van der Waals surface area contributed by atoms with Crippen LogP contribution in [-0.2, 0) is 17.6 Å². The number of rotatable bonds is 2. The molecule has 0 atom stereocenters. The number of carbonyl (C=O) groups is 2. The Labute approximate surface area is 150 Å². The Kier molecular flexibility index (Phi) is 4.41. The predicted molar refractivity (Wildman–Crippen MR) is 88.1 cm³/mol. The van der Waals surface area contributed by atoms with Crippen LogP contribution < -0.4 is 11.2 Å². The third kappa shape index (κ3) is 2.60. The maximum atomic E-state index is 14.4. The topological polar surface area (TPSA) is 108 Å². The molecule has 1 heterocycles. The number of benzene rings is 1. The molecule has 0 spiro atoms. The Morgan fingerprint density at radius 1 is 1.27 bits per heavy atom. The molecule has 1 aliphatic rings. The molecular weight excluding hydrogens is 371 g/mol. The largest absolute Gasteiger partial charge is 0.478 e. The lowest BCUT2D eigenvalue weighted by atomic mass is 10.1. The first-order chi connectivity index (χ1) is 12.3. The second-order valence-electron chi connectivity index (χ2n) is 5.60. The highest BCUT2D eigenvalue weighted by atomic mass is 35.5. The molecule has 0 radical (unpaired) electrons. The van der Waals surface area contributed by atoms with Crippen LogP contribution in [0.2, 0.25) is 5.02 Å². The summed E-state index contributed by atoms with van der Waals surface area (Å²) in [5.74, 6) is -2.53. The number of carbonyl (C=O) groups excluding carboxylic acids is 1. The number of aromatic nitrogens is 2. The van der Waals surface area contributed by atoms with Gasteiger partial charge in [0.1, 0.15) is 5.82 Å². The van der Waals surface area contributed by atoms with Crippen molar-refractivity contribution in [2.45, 2.75) is 19.3 Å². The summed E-state index contributed by atoms with van der Waals surface area (Å²) in [7, 11) is 1.07. The lowest BCUT2D eigenvalue weighted by molar-refractivity contribution is 0.0697. The number of ether oxygens (including phenoxy) is 1. The number of nitrogens with zero attached hydrogens (tertiary/aromatic N) is 2. The standard InChI is InChI=1S/C16H12ClFN2O6/c1-26-16(25)20-11-4-2-3-7(11)13(21)19(15(20)24)12-5-8(14(22)23)9(17)6-10(12)18/h5-6H,2-4H2,1H3,(H,22,23). The number of hydrogen-bond donors (Lipinski definition) is 1. The van der Waals surface area contributed by atoms with Crippen molar-refractivity contribution in [1.82, 2.24) is 9.13 Å². The van der Waals surface area contributed by atoms with Crippen molar-refractivity contribution in [2.75, 3.05) is 7.11 Å². The van der Waals surface area contributed by atoms with E-state index in [-0.39, 0.29) is 16.3 Å². The van der Waals surface area contributed by atoms with Gasteiger partial charge < -0.3 is 9.84 Å². The molecule has 10 heteroatoms. The SMILES string of the molecule is COC(=O)n1c2c(c(=O)n(-c3cc(C(=O)O)c(Cl)cc3F)c1=O)CCC2. The molecule has 3 rings (SSSR count). The monoisotopic (exact) mass is 382 g/mol. The molecule has 0 aliphatic heterocycles. The summed E-state index contributed by atoms with van der Waals surface area (Å²) in [4.78, 5) is 48.7. The zero-order valence-electron chi connectivity index (χ0n) is 13.4. The van der Waals surface area contributed by atoms with Crippen LogP contribution in [0.25, 0.3) is 5.69 Å². The number of carboxylic acid groups (broad SMARTS) is 1. The van der Waals surface area contributed by atoms with Gasteiger partial charge in [0.15, 0.2) is 0 Å². The fourth-order valence-corrected chi connectivity index (χ4v) is 3.24. The average molecular weight is 383 g/mol. The quantitative estimate of drug-likeness (QED) is 0.845. The summed E-state index contributed by atoms with van der Waals surface area (Å²) in [6.07, 6.45) is 0.134. The Balaban J connectivity index is 2.43. The molecule has 1 aliphatic carbocycles. The summed E-state index contributed by atoms with van der Waals surface area (Å²) < 4.78 is 20.1.